The molecule has 2 amide bonds. The lowest BCUT2D eigenvalue weighted by atomic mass is 9.78. The van der Waals surface area contributed by atoms with Crippen molar-refractivity contribution in [2.45, 2.75) is 24.9 Å². The van der Waals surface area contributed by atoms with Crippen LogP contribution >= 0.6 is 0 Å². The van der Waals surface area contributed by atoms with E-state index in [9.17, 15) is 27.9 Å². The van der Waals surface area contributed by atoms with Gasteiger partial charge in [0, 0.05) is 0 Å². The number of Topliss-reactive ketones (excluding diaryl/α,β-unsaturated/α-hetero) is 1. The van der Waals surface area contributed by atoms with Crippen molar-refractivity contribution in [1.82, 2.24) is 10.6 Å². The van der Waals surface area contributed by atoms with E-state index in [4.69, 9.17) is 0 Å². The smallest absolute Gasteiger partial charge is 0.363 e. The van der Waals surface area contributed by atoms with Crippen LogP contribution in [0.2, 0.25) is 0 Å². The fourth-order valence-electron chi connectivity index (χ4n) is 3.31. The highest BCUT2D eigenvalue weighted by molar-refractivity contribution is 5.90. The van der Waals surface area contributed by atoms with Gasteiger partial charge in [-0.25, -0.2) is 4.79 Å². The van der Waals surface area contributed by atoms with Crippen LogP contribution < -0.4 is 10.6 Å². The number of amides is 2. The van der Waals surface area contributed by atoms with E-state index in [-0.39, 0.29) is 0 Å². The molecule has 132 valence electrons. The second kappa shape index (κ2) is 5.73. The zero-order valence-electron chi connectivity index (χ0n) is 13.1. The molecule has 0 radical (unpaired) electrons. The Morgan fingerprint density at radius 3 is 2.44 bits per heavy atom. The normalized spacial score (nSPS) is 26.8. The molecule has 0 spiro atoms. The molecule has 25 heavy (non-hydrogen) atoms. The minimum Gasteiger partial charge on any atom is -0.363 e. The van der Waals surface area contributed by atoms with Crippen molar-refractivity contribution in [2.24, 2.45) is 5.92 Å². The third-order valence-corrected chi connectivity index (χ3v) is 4.40. The highest BCUT2D eigenvalue weighted by Gasteiger charge is 2.65. The molecule has 1 aliphatic rings. The number of ketones is 1. The summed E-state index contributed by atoms with van der Waals surface area (Å²) < 4.78 is 40.4. The Kier molecular flexibility index (Phi) is 3.95. The monoisotopic (exact) mass is 352 g/mol. The van der Waals surface area contributed by atoms with Crippen molar-refractivity contribution >= 4 is 22.6 Å². The molecule has 3 N–H and O–H groups in total. The molecule has 0 aliphatic carbocycles. The molecular formula is C17H15F3N2O3. The molecule has 1 saturated heterocycles. The van der Waals surface area contributed by atoms with E-state index >= 15 is 0 Å². The number of benzene rings is 2. The number of carbonyl (C=O) groups is 2. The number of rotatable bonds is 2. The minimum atomic E-state index is -5.22. The van der Waals surface area contributed by atoms with Gasteiger partial charge in [-0.1, -0.05) is 42.5 Å². The van der Waals surface area contributed by atoms with Gasteiger partial charge in [0.1, 0.15) is 5.78 Å². The maximum Gasteiger partial charge on any atom is 0.437 e. The number of alkyl halides is 3. The molecule has 3 rings (SSSR count). The molecule has 0 bridgehead atoms. The molecule has 3 unspecified atom stereocenters. The van der Waals surface area contributed by atoms with Gasteiger partial charge in [0.15, 0.2) is 0 Å². The van der Waals surface area contributed by atoms with Gasteiger partial charge in [-0.2, -0.15) is 13.2 Å². The Balaban J connectivity index is 2.22. The average molecular weight is 352 g/mol. The van der Waals surface area contributed by atoms with E-state index in [1.807, 2.05) is 0 Å². The first kappa shape index (κ1) is 17.2. The molecule has 1 aliphatic heterocycles. The van der Waals surface area contributed by atoms with Crippen molar-refractivity contribution in [1.29, 1.82) is 0 Å². The molecule has 0 saturated carbocycles. The van der Waals surface area contributed by atoms with Crippen LogP contribution in [0.1, 0.15) is 18.5 Å². The van der Waals surface area contributed by atoms with Gasteiger partial charge in [0.25, 0.3) is 0 Å². The Bertz CT molecular complexity index is 847. The zero-order chi connectivity index (χ0) is 18.4. The molecule has 1 fully saturated rings. The van der Waals surface area contributed by atoms with E-state index < -0.39 is 35.7 Å². The van der Waals surface area contributed by atoms with Crippen molar-refractivity contribution < 1.29 is 27.9 Å². The van der Waals surface area contributed by atoms with Gasteiger partial charge in [-0.05, 0) is 23.3 Å². The fourth-order valence-corrected chi connectivity index (χ4v) is 3.31. The summed E-state index contributed by atoms with van der Waals surface area (Å²) in [5.74, 6) is -2.83. The van der Waals surface area contributed by atoms with Gasteiger partial charge in [0.2, 0.25) is 5.72 Å². The highest BCUT2D eigenvalue weighted by atomic mass is 19.4. The molecule has 3 atom stereocenters. The predicted molar refractivity (Wildman–Crippen MR) is 83.5 cm³/mol. The SMILES string of the molecule is CC(=O)C1C(c2cccc3ccccc23)NC(=O)NC1(O)C(F)(F)F. The summed E-state index contributed by atoms with van der Waals surface area (Å²) in [5.41, 5.74) is -3.32. The number of hydrogen-bond acceptors (Lipinski definition) is 3. The number of fused-ring (bicyclic) bond motifs is 1. The van der Waals surface area contributed by atoms with E-state index in [0.717, 1.165) is 12.3 Å². The van der Waals surface area contributed by atoms with Crippen molar-refractivity contribution in [2.75, 3.05) is 0 Å². The third-order valence-electron chi connectivity index (χ3n) is 4.40. The van der Waals surface area contributed by atoms with E-state index in [1.165, 1.54) is 11.4 Å². The maximum absolute atomic E-state index is 13.5. The Hall–Kier alpha value is -2.61. The van der Waals surface area contributed by atoms with Crippen molar-refractivity contribution in [3.63, 3.8) is 0 Å². The lowest BCUT2D eigenvalue weighted by Crippen LogP contribution is -2.72. The topological polar surface area (TPSA) is 78.4 Å². The second-order valence-corrected chi connectivity index (χ2v) is 6.00. The van der Waals surface area contributed by atoms with Crippen LogP contribution in [0.3, 0.4) is 0 Å². The first-order valence-corrected chi connectivity index (χ1v) is 7.51. The van der Waals surface area contributed by atoms with Gasteiger partial charge in [-0.3, -0.25) is 4.79 Å². The average Bonchev–Trinajstić information content (AvgIpc) is 2.52. The molecular weight excluding hydrogens is 337 g/mol. The number of hydrogen-bond donors (Lipinski definition) is 3. The fraction of sp³-hybridized carbons (Fsp3) is 0.294. The summed E-state index contributed by atoms with van der Waals surface area (Å²) in [6, 6.07) is 9.30. The number of nitrogens with one attached hydrogen (secondary N) is 2. The molecule has 5 nitrogen and oxygen atoms in total. The van der Waals surface area contributed by atoms with Gasteiger partial charge >= 0.3 is 12.2 Å². The summed E-state index contributed by atoms with van der Waals surface area (Å²) in [6.45, 7) is 0.957. The lowest BCUT2D eigenvalue weighted by Gasteiger charge is -2.44. The van der Waals surface area contributed by atoms with Gasteiger partial charge in [0.05, 0.1) is 12.0 Å². The molecule has 1 heterocycles. The maximum atomic E-state index is 13.5. The van der Waals surface area contributed by atoms with Crippen LogP contribution in [-0.2, 0) is 4.79 Å². The Morgan fingerprint density at radius 1 is 1.16 bits per heavy atom. The largest absolute Gasteiger partial charge is 0.437 e. The quantitative estimate of drug-likeness (QED) is 0.778. The summed E-state index contributed by atoms with van der Waals surface area (Å²) in [7, 11) is 0. The molecule has 0 aromatic heterocycles. The van der Waals surface area contributed by atoms with E-state index in [2.05, 4.69) is 5.32 Å². The summed E-state index contributed by atoms with van der Waals surface area (Å²) >= 11 is 0. The number of urea groups is 1. The predicted octanol–water partition coefficient (Wildman–Crippen LogP) is 2.65. The second-order valence-electron chi connectivity index (χ2n) is 6.00. The minimum absolute atomic E-state index is 0.329. The number of aliphatic hydroxyl groups is 1. The Morgan fingerprint density at radius 2 is 1.80 bits per heavy atom. The standard InChI is InChI=1S/C17H15F3N2O3/c1-9(23)13-14(21-15(24)22-16(13,25)17(18,19)20)12-8-4-6-10-5-2-3-7-11(10)12/h2-8,13-14,25H,1H3,(H2,21,22,24). The zero-order valence-corrected chi connectivity index (χ0v) is 13.1. The molecule has 8 heteroatoms. The first-order chi connectivity index (χ1) is 11.6. The van der Waals surface area contributed by atoms with Crippen LogP contribution in [-0.4, -0.2) is 28.8 Å². The summed E-state index contributed by atoms with van der Waals surface area (Å²) in [6.07, 6.45) is -5.22. The van der Waals surface area contributed by atoms with E-state index in [1.54, 1.807) is 36.4 Å². The van der Waals surface area contributed by atoms with Crippen LogP contribution in [0.15, 0.2) is 42.5 Å². The molecule has 2 aromatic carbocycles. The van der Waals surface area contributed by atoms with Crippen LogP contribution in [0.5, 0.6) is 0 Å². The van der Waals surface area contributed by atoms with Gasteiger partial charge in [-0.15, -0.1) is 0 Å². The van der Waals surface area contributed by atoms with Crippen LogP contribution in [0.25, 0.3) is 10.8 Å². The number of carbonyl (C=O) groups excluding carboxylic acids is 2. The van der Waals surface area contributed by atoms with Crippen molar-refractivity contribution in [3.8, 4) is 0 Å². The third kappa shape index (κ3) is 2.72. The van der Waals surface area contributed by atoms with Crippen LogP contribution in [0.4, 0.5) is 18.0 Å². The Labute approximate surface area is 140 Å². The van der Waals surface area contributed by atoms with Gasteiger partial charge < -0.3 is 15.7 Å². The van der Waals surface area contributed by atoms with Crippen molar-refractivity contribution in [3.05, 3.63) is 48.0 Å². The highest BCUT2D eigenvalue weighted by Crippen LogP contribution is 2.43. The summed E-state index contributed by atoms with van der Waals surface area (Å²) in [4.78, 5) is 23.9. The first-order valence-electron chi connectivity index (χ1n) is 7.51. The lowest BCUT2D eigenvalue weighted by molar-refractivity contribution is -0.290. The number of halogens is 3. The van der Waals surface area contributed by atoms with Crippen LogP contribution in [0, 0.1) is 5.92 Å². The van der Waals surface area contributed by atoms with E-state index in [0.29, 0.717) is 10.9 Å². The molecule has 2 aromatic rings. The summed E-state index contributed by atoms with van der Waals surface area (Å²) in [5, 5.41) is 15.4.